The number of fused-ring (bicyclic) bond motifs is 3. The van der Waals surface area contributed by atoms with Crippen molar-refractivity contribution in [3.05, 3.63) is 111 Å². The van der Waals surface area contributed by atoms with Gasteiger partial charge in [-0.3, -0.25) is 0 Å². The zero-order valence-corrected chi connectivity index (χ0v) is 20.6. The molecule has 3 heterocycles. The van der Waals surface area contributed by atoms with Crippen LogP contribution in [0.4, 0.5) is 13.2 Å². The highest BCUT2D eigenvalue weighted by Crippen LogP contribution is 2.34. The molecule has 0 saturated heterocycles. The zero-order chi connectivity index (χ0) is 27.1. The van der Waals surface area contributed by atoms with Gasteiger partial charge in [0.1, 0.15) is 28.2 Å². The number of aromatic nitrogens is 1. The van der Waals surface area contributed by atoms with Crippen LogP contribution in [0.25, 0.3) is 56.0 Å². The molecule has 0 bridgehead atoms. The summed E-state index contributed by atoms with van der Waals surface area (Å²) in [5.41, 5.74) is 0.195. The SMILES string of the molecule is N#C/C(=C\c1ccc(-c2cccc(C(F)(F)F)c2)o1)c1nc(-c2cc3c(ccc4ccccc43)oc2=O)cs1. The molecular weight excluding hydrogens is 525 g/mol. The fourth-order valence-electron chi connectivity index (χ4n) is 4.29. The average molecular weight is 541 g/mol. The molecule has 0 spiro atoms. The van der Waals surface area contributed by atoms with Crippen LogP contribution in [0.15, 0.2) is 97.9 Å². The van der Waals surface area contributed by atoms with Gasteiger partial charge in [-0.1, -0.05) is 42.5 Å². The van der Waals surface area contributed by atoms with Gasteiger partial charge >= 0.3 is 11.8 Å². The highest BCUT2D eigenvalue weighted by Gasteiger charge is 2.30. The second-order valence-electron chi connectivity index (χ2n) is 8.63. The summed E-state index contributed by atoms with van der Waals surface area (Å²) in [5.74, 6) is 0.498. The lowest BCUT2D eigenvalue weighted by Crippen LogP contribution is -2.04. The lowest BCUT2D eigenvalue weighted by Gasteiger charge is -2.07. The minimum atomic E-state index is -4.47. The average Bonchev–Trinajstić information content (AvgIpc) is 3.61. The van der Waals surface area contributed by atoms with Crippen LogP contribution < -0.4 is 5.63 Å². The third kappa shape index (κ3) is 4.62. The molecular formula is C30H15F3N2O3S. The minimum absolute atomic E-state index is 0.173. The van der Waals surface area contributed by atoms with Crippen molar-refractivity contribution in [3.8, 4) is 28.7 Å². The largest absolute Gasteiger partial charge is 0.457 e. The van der Waals surface area contributed by atoms with Crippen molar-refractivity contribution in [1.29, 1.82) is 5.26 Å². The normalized spacial score (nSPS) is 12.2. The molecule has 5 nitrogen and oxygen atoms in total. The van der Waals surface area contributed by atoms with Crippen molar-refractivity contribution in [1.82, 2.24) is 4.98 Å². The molecule has 9 heteroatoms. The molecule has 0 fully saturated rings. The molecule has 0 aliphatic rings. The van der Waals surface area contributed by atoms with Crippen LogP contribution in [0.5, 0.6) is 0 Å². The number of hydrogen-bond donors (Lipinski definition) is 0. The van der Waals surface area contributed by atoms with Crippen LogP contribution in [0.3, 0.4) is 0 Å². The van der Waals surface area contributed by atoms with E-state index in [1.165, 1.54) is 35.6 Å². The van der Waals surface area contributed by atoms with Crippen molar-refractivity contribution in [2.24, 2.45) is 0 Å². The number of allylic oxidation sites excluding steroid dienone is 1. The predicted molar refractivity (Wildman–Crippen MR) is 144 cm³/mol. The lowest BCUT2D eigenvalue weighted by molar-refractivity contribution is -0.137. The maximum atomic E-state index is 13.1. The van der Waals surface area contributed by atoms with E-state index in [-0.39, 0.29) is 28.2 Å². The Labute approximate surface area is 222 Å². The van der Waals surface area contributed by atoms with Crippen molar-refractivity contribution in [3.63, 3.8) is 0 Å². The molecule has 0 N–H and O–H groups in total. The van der Waals surface area contributed by atoms with Crippen molar-refractivity contribution < 1.29 is 22.0 Å². The number of thiazole rings is 1. The monoisotopic (exact) mass is 540 g/mol. The highest BCUT2D eigenvalue weighted by molar-refractivity contribution is 7.11. The van der Waals surface area contributed by atoms with E-state index in [9.17, 15) is 23.2 Å². The molecule has 0 unspecified atom stereocenters. The van der Waals surface area contributed by atoms with Gasteiger partial charge < -0.3 is 8.83 Å². The van der Waals surface area contributed by atoms with Gasteiger partial charge in [0.25, 0.3) is 0 Å². The summed E-state index contributed by atoms with van der Waals surface area (Å²) >= 11 is 1.17. The topological polar surface area (TPSA) is 80.0 Å². The number of furan rings is 1. The Morgan fingerprint density at radius 2 is 1.79 bits per heavy atom. The van der Waals surface area contributed by atoms with Crippen LogP contribution >= 0.6 is 11.3 Å². The van der Waals surface area contributed by atoms with E-state index in [0.717, 1.165) is 28.3 Å². The van der Waals surface area contributed by atoms with Crippen LogP contribution in [0.1, 0.15) is 16.3 Å². The van der Waals surface area contributed by atoms with Gasteiger partial charge in [0.2, 0.25) is 0 Å². The van der Waals surface area contributed by atoms with Gasteiger partial charge in [-0.25, -0.2) is 9.78 Å². The first-order valence-corrected chi connectivity index (χ1v) is 12.5. The van der Waals surface area contributed by atoms with Crippen LogP contribution in [0, 0.1) is 11.3 Å². The predicted octanol–water partition coefficient (Wildman–Crippen LogP) is 8.41. The molecule has 0 aliphatic heterocycles. The Kier molecular flexibility index (Phi) is 5.89. The summed E-state index contributed by atoms with van der Waals surface area (Å²) in [6.45, 7) is 0. The van der Waals surface area contributed by atoms with Crippen LogP contribution in [-0.2, 0) is 6.18 Å². The van der Waals surface area contributed by atoms with Crippen LogP contribution in [-0.4, -0.2) is 4.98 Å². The van der Waals surface area contributed by atoms with E-state index >= 15 is 0 Å². The standard InChI is InChI=1S/C30H15F3N2O3S/c31-30(32,33)20-6-3-5-18(12-20)26-11-9-21(37-26)13-19(15-34)28-35-25(16-39-28)24-14-23-22-7-2-1-4-17(22)8-10-27(23)38-29(24)36/h1-14,16H/b19-13+. The summed E-state index contributed by atoms with van der Waals surface area (Å²) in [6, 6.07) is 23.1. The first-order valence-electron chi connectivity index (χ1n) is 11.6. The van der Waals surface area contributed by atoms with Crippen molar-refractivity contribution in [2.45, 2.75) is 6.18 Å². The first kappa shape index (κ1) is 24.4. The molecule has 0 radical (unpaired) electrons. The smallest absolute Gasteiger partial charge is 0.416 e. The summed E-state index contributed by atoms with van der Waals surface area (Å²) in [5, 5.41) is 14.5. The molecule has 0 atom stereocenters. The zero-order valence-electron chi connectivity index (χ0n) is 19.8. The molecule has 3 aromatic heterocycles. The van der Waals surface area contributed by atoms with E-state index in [1.54, 1.807) is 23.6 Å². The summed E-state index contributed by atoms with van der Waals surface area (Å²) in [7, 11) is 0. The third-order valence-corrected chi connectivity index (χ3v) is 7.04. The molecule has 0 amide bonds. The van der Waals surface area contributed by atoms with E-state index in [4.69, 9.17) is 8.83 Å². The Morgan fingerprint density at radius 1 is 0.949 bits per heavy atom. The number of rotatable bonds is 4. The third-order valence-electron chi connectivity index (χ3n) is 6.16. The van der Waals surface area contributed by atoms with E-state index < -0.39 is 17.4 Å². The van der Waals surface area contributed by atoms with E-state index in [1.807, 2.05) is 30.3 Å². The molecule has 6 rings (SSSR count). The van der Waals surface area contributed by atoms with Gasteiger partial charge in [0, 0.05) is 22.4 Å². The second kappa shape index (κ2) is 9.42. The van der Waals surface area contributed by atoms with Gasteiger partial charge in [0.15, 0.2) is 0 Å². The number of alkyl halides is 3. The van der Waals surface area contributed by atoms with Gasteiger partial charge in [-0.2, -0.15) is 18.4 Å². The Hall–Kier alpha value is -4.94. The van der Waals surface area contributed by atoms with E-state index in [2.05, 4.69) is 11.1 Å². The number of benzene rings is 3. The maximum Gasteiger partial charge on any atom is 0.416 e. The van der Waals surface area contributed by atoms with E-state index in [0.29, 0.717) is 16.3 Å². The van der Waals surface area contributed by atoms with Gasteiger partial charge in [-0.05, 0) is 47.2 Å². The van der Waals surface area contributed by atoms with Crippen molar-refractivity contribution >= 4 is 44.7 Å². The molecule has 39 heavy (non-hydrogen) atoms. The number of nitrogens with zero attached hydrogens (tertiary/aromatic N) is 2. The van der Waals surface area contributed by atoms with Crippen LogP contribution in [0.2, 0.25) is 0 Å². The number of nitriles is 1. The molecule has 3 aromatic carbocycles. The highest BCUT2D eigenvalue weighted by atomic mass is 32.1. The van der Waals surface area contributed by atoms with Gasteiger partial charge in [-0.15, -0.1) is 11.3 Å². The maximum absolute atomic E-state index is 13.1. The number of hydrogen-bond acceptors (Lipinski definition) is 6. The number of halogens is 3. The van der Waals surface area contributed by atoms with Gasteiger partial charge in [0.05, 0.1) is 22.4 Å². The molecule has 190 valence electrons. The minimum Gasteiger partial charge on any atom is -0.457 e. The fourth-order valence-corrected chi connectivity index (χ4v) is 5.08. The second-order valence-corrected chi connectivity index (χ2v) is 9.49. The summed E-state index contributed by atoms with van der Waals surface area (Å²) in [4.78, 5) is 17.3. The van der Waals surface area contributed by atoms with Crippen molar-refractivity contribution in [2.75, 3.05) is 0 Å². The Balaban J connectivity index is 1.34. The lowest BCUT2D eigenvalue weighted by atomic mass is 10.0. The Morgan fingerprint density at radius 3 is 2.62 bits per heavy atom. The summed E-state index contributed by atoms with van der Waals surface area (Å²) in [6.07, 6.45) is -3.02. The molecule has 0 saturated carbocycles. The first-order chi connectivity index (χ1) is 18.8. The summed E-state index contributed by atoms with van der Waals surface area (Å²) < 4.78 is 50.5. The Bertz CT molecular complexity index is 2010. The quantitative estimate of drug-likeness (QED) is 0.127. The molecule has 6 aromatic rings. The molecule has 0 aliphatic carbocycles. The fraction of sp³-hybridized carbons (Fsp3) is 0.0333.